The molecule has 2 amide bonds. The molecule has 6 rings (SSSR count). The summed E-state index contributed by atoms with van der Waals surface area (Å²) >= 11 is 0. The second kappa shape index (κ2) is 7.45. The van der Waals surface area contributed by atoms with Gasteiger partial charge < -0.3 is 4.90 Å². The first-order valence-corrected chi connectivity index (χ1v) is 11.4. The SMILES string of the molecule is O=C1c2cccc(N3c4ccccc4C4CCCCC43)c2C(=O)N1c1cccc(C(F)(F)F)c1. The van der Waals surface area contributed by atoms with Crippen molar-refractivity contribution in [2.45, 2.75) is 43.8 Å². The number of benzene rings is 3. The molecule has 2 heterocycles. The first-order valence-electron chi connectivity index (χ1n) is 11.4. The fraction of sp³-hybridized carbons (Fsp3) is 0.259. The highest BCUT2D eigenvalue weighted by molar-refractivity contribution is 6.36. The quantitative estimate of drug-likeness (QED) is 0.399. The van der Waals surface area contributed by atoms with E-state index in [1.165, 1.54) is 17.7 Å². The van der Waals surface area contributed by atoms with E-state index >= 15 is 0 Å². The zero-order valence-electron chi connectivity index (χ0n) is 18.2. The second-order valence-corrected chi connectivity index (χ2v) is 9.08. The van der Waals surface area contributed by atoms with Crippen molar-refractivity contribution in [1.82, 2.24) is 0 Å². The molecular weight excluding hydrogens is 441 g/mol. The van der Waals surface area contributed by atoms with Crippen LogP contribution in [0.3, 0.4) is 0 Å². The normalized spacial score (nSPS) is 21.5. The van der Waals surface area contributed by atoms with Gasteiger partial charge >= 0.3 is 6.18 Å². The van der Waals surface area contributed by atoms with Gasteiger partial charge in [0.1, 0.15) is 0 Å². The summed E-state index contributed by atoms with van der Waals surface area (Å²) < 4.78 is 39.9. The lowest BCUT2D eigenvalue weighted by Gasteiger charge is -2.34. The number of imide groups is 1. The van der Waals surface area contributed by atoms with E-state index in [4.69, 9.17) is 0 Å². The molecule has 0 N–H and O–H groups in total. The third-order valence-electron chi connectivity index (χ3n) is 7.24. The number of carbonyl (C=O) groups excluding carboxylic acids is 2. The lowest BCUT2D eigenvalue weighted by molar-refractivity contribution is -0.137. The number of amides is 2. The third kappa shape index (κ3) is 2.99. The standard InChI is InChI=1S/C27H21F3N2O2/c28-27(29,30)16-7-5-8-17(15-16)31-25(33)20-11-6-14-23(24(20)26(31)34)32-21-12-3-1-9-18(21)19-10-2-4-13-22(19)32/h1,3,5-9,11-12,14-15,19,22H,2,4,10,13H2. The van der Waals surface area contributed by atoms with Crippen LogP contribution in [0.5, 0.6) is 0 Å². The number of fused-ring (bicyclic) bond motifs is 4. The fourth-order valence-corrected chi connectivity index (χ4v) is 5.81. The zero-order valence-corrected chi connectivity index (χ0v) is 18.2. The van der Waals surface area contributed by atoms with Crippen LogP contribution in [0, 0.1) is 0 Å². The molecular formula is C27H21F3N2O2. The smallest absolute Gasteiger partial charge is 0.337 e. The van der Waals surface area contributed by atoms with Crippen molar-refractivity contribution in [2.24, 2.45) is 0 Å². The van der Waals surface area contributed by atoms with Gasteiger partial charge in [-0.05, 0) is 54.8 Å². The van der Waals surface area contributed by atoms with Crippen molar-refractivity contribution >= 4 is 28.9 Å². The van der Waals surface area contributed by atoms with E-state index in [0.29, 0.717) is 11.6 Å². The first kappa shape index (κ1) is 21.0. The first-order chi connectivity index (χ1) is 16.4. The molecule has 2 aliphatic heterocycles. The van der Waals surface area contributed by atoms with Crippen molar-refractivity contribution < 1.29 is 22.8 Å². The van der Waals surface area contributed by atoms with Crippen molar-refractivity contribution in [3.63, 3.8) is 0 Å². The minimum Gasteiger partial charge on any atom is -0.337 e. The molecule has 2 atom stereocenters. The van der Waals surface area contributed by atoms with E-state index in [0.717, 1.165) is 48.4 Å². The molecule has 0 bridgehead atoms. The molecule has 3 aliphatic rings. The van der Waals surface area contributed by atoms with Gasteiger partial charge in [-0.25, -0.2) is 4.90 Å². The molecule has 1 aliphatic carbocycles. The molecule has 3 aromatic rings. The van der Waals surface area contributed by atoms with Gasteiger partial charge in [0.05, 0.1) is 28.1 Å². The number of alkyl halides is 3. The highest BCUT2D eigenvalue weighted by Gasteiger charge is 2.45. The predicted molar refractivity (Wildman–Crippen MR) is 123 cm³/mol. The van der Waals surface area contributed by atoms with Gasteiger partial charge in [-0.2, -0.15) is 13.2 Å². The van der Waals surface area contributed by atoms with Gasteiger partial charge in [0, 0.05) is 17.6 Å². The molecule has 172 valence electrons. The topological polar surface area (TPSA) is 40.6 Å². The maximum absolute atomic E-state index is 13.6. The minimum absolute atomic E-state index is 0.0793. The summed E-state index contributed by atoms with van der Waals surface area (Å²) in [6, 6.07) is 17.9. The summed E-state index contributed by atoms with van der Waals surface area (Å²) in [4.78, 5) is 29.9. The number of carbonyl (C=O) groups is 2. The van der Waals surface area contributed by atoms with E-state index in [1.54, 1.807) is 12.1 Å². The summed E-state index contributed by atoms with van der Waals surface area (Å²) in [7, 11) is 0. The second-order valence-electron chi connectivity index (χ2n) is 9.08. The van der Waals surface area contributed by atoms with Gasteiger partial charge in [-0.15, -0.1) is 0 Å². The van der Waals surface area contributed by atoms with Gasteiger partial charge in [0.15, 0.2) is 0 Å². The Morgan fingerprint density at radius 3 is 2.35 bits per heavy atom. The van der Waals surface area contributed by atoms with E-state index < -0.39 is 23.6 Å². The largest absolute Gasteiger partial charge is 0.416 e. The Labute approximate surface area is 194 Å². The molecule has 0 aromatic heterocycles. The van der Waals surface area contributed by atoms with Crippen LogP contribution in [0.2, 0.25) is 0 Å². The maximum atomic E-state index is 13.6. The molecule has 3 aromatic carbocycles. The van der Waals surface area contributed by atoms with Crippen molar-refractivity contribution in [3.8, 4) is 0 Å². The summed E-state index contributed by atoms with van der Waals surface area (Å²) in [5.74, 6) is -0.840. The number of nitrogens with zero attached hydrogens (tertiary/aromatic N) is 2. The summed E-state index contributed by atoms with van der Waals surface area (Å²) in [5, 5.41) is 0. The molecule has 0 radical (unpaired) electrons. The fourth-order valence-electron chi connectivity index (χ4n) is 5.81. The highest BCUT2D eigenvalue weighted by Crippen LogP contribution is 2.52. The Morgan fingerprint density at radius 2 is 1.53 bits per heavy atom. The summed E-state index contributed by atoms with van der Waals surface area (Å²) in [6.45, 7) is 0. The Bertz CT molecular complexity index is 1330. The number of para-hydroxylation sites is 1. The molecule has 4 nitrogen and oxygen atoms in total. The number of hydrogen-bond donors (Lipinski definition) is 0. The van der Waals surface area contributed by atoms with Crippen molar-refractivity contribution in [3.05, 3.63) is 89.0 Å². The van der Waals surface area contributed by atoms with Crippen molar-refractivity contribution in [2.75, 3.05) is 9.80 Å². The van der Waals surface area contributed by atoms with Crippen LogP contribution in [0.1, 0.15) is 63.4 Å². The number of rotatable bonds is 2. The number of hydrogen-bond acceptors (Lipinski definition) is 3. The molecule has 7 heteroatoms. The predicted octanol–water partition coefficient (Wildman–Crippen LogP) is 6.68. The lowest BCUT2D eigenvalue weighted by atomic mass is 9.82. The Hall–Kier alpha value is -3.61. The summed E-state index contributed by atoms with van der Waals surface area (Å²) in [5.41, 5.74) is 2.42. The van der Waals surface area contributed by atoms with Crippen LogP contribution >= 0.6 is 0 Å². The molecule has 1 fully saturated rings. The van der Waals surface area contributed by atoms with Gasteiger partial charge in [-0.1, -0.05) is 43.2 Å². The van der Waals surface area contributed by atoms with Crippen molar-refractivity contribution in [1.29, 1.82) is 0 Å². The number of halogens is 3. The van der Waals surface area contributed by atoms with Crippen LogP contribution in [0.15, 0.2) is 66.7 Å². The number of anilines is 3. The van der Waals surface area contributed by atoms with E-state index in [2.05, 4.69) is 11.0 Å². The molecule has 2 unspecified atom stereocenters. The van der Waals surface area contributed by atoms with Crippen LogP contribution < -0.4 is 9.80 Å². The average Bonchev–Trinajstić information content (AvgIpc) is 3.30. The van der Waals surface area contributed by atoms with Crippen LogP contribution in [0.25, 0.3) is 0 Å². The molecule has 0 saturated heterocycles. The van der Waals surface area contributed by atoms with Gasteiger partial charge in [-0.3, -0.25) is 9.59 Å². The molecule has 1 saturated carbocycles. The van der Waals surface area contributed by atoms with E-state index in [-0.39, 0.29) is 22.9 Å². The van der Waals surface area contributed by atoms with Crippen LogP contribution in [-0.4, -0.2) is 17.9 Å². The van der Waals surface area contributed by atoms with Crippen LogP contribution in [0.4, 0.5) is 30.2 Å². The van der Waals surface area contributed by atoms with Crippen LogP contribution in [-0.2, 0) is 6.18 Å². The minimum atomic E-state index is -4.57. The zero-order chi connectivity index (χ0) is 23.6. The molecule has 34 heavy (non-hydrogen) atoms. The van der Waals surface area contributed by atoms with E-state index in [1.807, 2.05) is 24.3 Å². The average molecular weight is 462 g/mol. The Balaban J connectivity index is 1.47. The maximum Gasteiger partial charge on any atom is 0.416 e. The lowest BCUT2D eigenvalue weighted by Crippen LogP contribution is -2.34. The Kier molecular flexibility index (Phi) is 4.59. The highest BCUT2D eigenvalue weighted by atomic mass is 19.4. The van der Waals surface area contributed by atoms with Gasteiger partial charge in [0.2, 0.25) is 0 Å². The summed E-state index contributed by atoms with van der Waals surface area (Å²) in [6.07, 6.45) is -0.297. The third-order valence-corrected chi connectivity index (χ3v) is 7.24. The van der Waals surface area contributed by atoms with E-state index in [9.17, 15) is 22.8 Å². The van der Waals surface area contributed by atoms with Gasteiger partial charge in [0.25, 0.3) is 11.8 Å². The Morgan fingerprint density at radius 1 is 0.794 bits per heavy atom. The monoisotopic (exact) mass is 462 g/mol. The molecule has 0 spiro atoms.